The summed E-state index contributed by atoms with van der Waals surface area (Å²) in [5.41, 5.74) is 14.6. The molecule has 2 aromatic rings. The van der Waals surface area contributed by atoms with E-state index in [-0.39, 0.29) is 12.1 Å². The lowest BCUT2D eigenvalue weighted by Gasteiger charge is -2.34. The van der Waals surface area contributed by atoms with Gasteiger partial charge in [0.05, 0.1) is 0 Å². The summed E-state index contributed by atoms with van der Waals surface area (Å²) in [6, 6.07) is 18.0. The van der Waals surface area contributed by atoms with Crippen molar-refractivity contribution in [1.82, 2.24) is 31.7 Å². The Balaban J connectivity index is 1.33. The van der Waals surface area contributed by atoms with E-state index < -0.39 is 0 Å². The number of nitrogens with zero attached hydrogens (tertiary/aromatic N) is 2. The van der Waals surface area contributed by atoms with Crippen LogP contribution >= 0.6 is 0 Å². The first-order chi connectivity index (χ1) is 13.8. The number of nitrogens with one attached hydrogen (secondary N) is 4. The molecule has 0 aliphatic carbocycles. The molecule has 28 heavy (non-hydrogen) atoms. The Bertz CT molecular complexity index is 811. The van der Waals surface area contributed by atoms with Crippen LogP contribution in [0.25, 0.3) is 6.08 Å². The van der Waals surface area contributed by atoms with Crippen molar-refractivity contribution in [2.24, 2.45) is 0 Å². The Morgan fingerprint density at radius 1 is 0.929 bits per heavy atom. The average molecular weight is 378 g/mol. The molecular formula is C21H26N6O. The van der Waals surface area contributed by atoms with Crippen LogP contribution in [0.15, 0.2) is 60.7 Å². The lowest BCUT2D eigenvalue weighted by molar-refractivity contribution is 0.0648. The van der Waals surface area contributed by atoms with E-state index in [4.69, 9.17) is 0 Å². The van der Waals surface area contributed by atoms with Crippen LogP contribution in [-0.4, -0.2) is 48.4 Å². The molecule has 0 unspecified atom stereocenters. The Hall–Kier alpha value is -2.55. The van der Waals surface area contributed by atoms with Gasteiger partial charge in [0.25, 0.3) is 5.91 Å². The van der Waals surface area contributed by atoms with Gasteiger partial charge in [-0.05, 0) is 17.2 Å². The fourth-order valence-electron chi connectivity index (χ4n) is 3.56. The van der Waals surface area contributed by atoms with Crippen LogP contribution < -0.4 is 21.9 Å². The zero-order valence-electron chi connectivity index (χ0n) is 15.8. The van der Waals surface area contributed by atoms with E-state index in [0.717, 1.165) is 43.9 Å². The Kier molecular flexibility index (Phi) is 6.11. The monoisotopic (exact) mass is 378 g/mol. The van der Waals surface area contributed by atoms with Gasteiger partial charge >= 0.3 is 0 Å². The summed E-state index contributed by atoms with van der Waals surface area (Å²) in [5, 5.41) is 0. The van der Waals surface area contributed by atoms with Gasteiger partial charge in [0.15, 0.2) is 0 Å². The highest BCUT2D eigenvalue weighted by molar-refractivity contribution is 5.96. The minimum absolute atomic E-state index is 0.0885. The zero-order chi connectivity index (χ0) is 19.2. The van der Waals surface area contributed by atoms with Crippen LogP contribution in [0.2, 0.25) is 0 Å². The number of piperazine rings is 1. The van der Waals surface area contributed by atoms with Crippen molar-refractivity contribution in [3.63, 3.8) is 0 Å². The second kappa shape index (κ2) is 9.09. The molecule has 4 N–H and O–H groups in total. The summed E-state index contributed by atoms with van der Waals surface area (Å²) in [6.07, 6.45) is 4.20. The van der Waals surface area contributed by atoms with E-state index in [1.165, 1.54) is 5.56 Å². The standard InChI is InChI=1S/C21H26N6O/c28-21(19-11-5-4-10-18(19)20-22-24-25-23-20)27-15-13-26(14-16-27)12-6-9-17-7-2-1-3-8-17/h1-11,20,22-25H,12-16H2/b9-6+. The first-order valence-corrected chi connectivity index (χ1v) is 9.64. The maximum Gasteiger partial charge on any atom is 0.254 e. The van der Waals surface area contributed by atoms with Gasteiger partial charge in [-0.15, -0.1) is 0 Å². The molecule has 0 atom stereocenters. The van der Waals surface area contributed by atoms with E-state index in [0.29, 0.717) is 0 Å². The maximum atomic E-state index is 13.1. The van der Waals surface area contributed by atoms with Gasteiger partial charge in [-0.1, -0.05) is 60.7 Å². The van der Waals surface area contributed by atoms with Crippen molar-refractivity contribution in [3.8, 4) is 0 Å². The molecule has 4 rings (SSSR count). The second-order valence-corrected chi connectivity index (χ2v) is 6.96. The summed E-state index contributed by atoms with van der Waals surface area (Å²) in [5.74, 6) is 0.0885. The van der Waals surface area contributed by atoms with Gasteiger partial charge < -0.3 is 4.90 Å². The van der Waals surface area contributed by atoms with Crippen LogP contribution in [0.1, 0.15) is 27.7 Å². The molecule has 0 spiro atoms. The van der Waals surface area contributed by atoms with Crippen molar-refractivity contribution in [2.75, 3.05) is 32.7 Å². The number of hydrazine groups is 3. The Morgan fingerprint density at radius 2 is 1.61 bits per heavy atom. The lowest BCUT2D eigenvalue weighted by atomic mass is 10.0. The normalized spacial score (nSPS) is 18.8. The molecule has 0 radical (unpaired) electrons. The smallest absolute Gasteiger partial charge is 0.254 e. The molecule has 2 aliphatic rings. The summed E-state index contributed by atoms with van der Waals surface area (Å²) in [6.45, 7) is 4.16. The van der Waals surface area contributed by atoms with Gasteiger partial charge in [0.2, 0.25) is 0 Å². The molecule has 7 heteroatoms. The minimum Gasteiger partial charge on any atom is -0.336 e. The molecule has 0 bridgehead atoms. The maximum absolute atomic E-state index is 13.1. The average Bonchev–Trinajstić information content (AvgIpc) is 3.29. The van der Waals surface area contributed by atoms with E-state index in [9.17, 15) is 4.79 Å². The predicted molar refractivity (Wildman–Crippen MR) is 110 cm³/mol. The third-order valence-corrected chi connectivity index (χ3v) is 5.13. The van der Waals surface area contributed by atoms with E-state index >= 15 is 0 Å². The van der Waals surface area contributed by atoms with E-state index in [1.54, 1.807) is 0 Å². The molecule has 2 heterocycles. The molecular weight excluding hydrogens is 352 g/mol. The summed E-state index contributed by atoms with van der Waals surface area (Å²) in [4.78, 5) is 17.4. The van der Waals surface area contributed by atoms with Crippen LogP contribution in [0, 0.1) is 0 Å². The van der Waals surface area contributed by atoms with Crippen molar-refractivity contribution in [3.05, 3.63) is 77.4 Å². The largest absolute Gasteiger partial charge is 0.336 e. The zero-order valence-corrected chi connectivity index (χ0v) is 15.8. The number of hydrogen-bond donors (Lipinski definition) is 4. The van der Waals surface area contributed by atoms with E-state index in [1.807, 2.05) is 47.4 Å². The second-order valence-electron chi connectivity index (χ2n) is 6.96. The van der Waals surface area contributed by atoms with Gasteiger partial charge in [0, 0.05) is 38.3 Å². The third kappa shape index (κ3) is 4.46. The number of carbonyl (C=O) groups excluding carboxylic acids is 1. The minimum atomic E-state index is -0.149. The summed E-state index contributed by atoms with van der Waals surface area (Å²) < 4.78 is 0. The Morgan fingerprint density at radius 3 is 2.36 bits per heavy atom. The highest BCUT2D eigenvalue weighted by Gasteiger charge is 2.26. The topological polar surface area (TPSA) is 71.7 Å². The number of carbonyl (C=O) groups is 1. The lowest BCUT2D eigenvalue weighted by Crippen LogP contribution is -2.49. The van der Waals surface area contributed by atoms with Gasteiger partial charge in [-0.2, -0.15) is 11.1 Å². The number of rotatable bonds is 5. The summed E-state index contributed by atoms with van der Waals surface area (Å²) in [7, 11) is 0. The van der Waals surface area contributed by atoms with Crippen molar-refractivity contribution >= 4 is 12.0 Å². The molecule has 2 saturated heterocycles. The molecule has 2 aliphatic heterocycles. The van der Waals surface area contributed by atoms with Crippen LogP contribution in [0.5, 0.6) is 0 Å². The first kappa shape index (κ1) is 18.8. The van der Waals surface area contributed by atoms with Gasteiger partial charge in [-0.3, -0.25) is 9.69 Å². The summed E-state index contributed by atoms with van der Waals surface area (Å²) >= 11 is 0. The van der Waals surface area contributed by atoms with Crippen LogP contribution in [0.3, 0.4) is 0 Å². The quantitative estimate of drug-likeness (QED) is 0.628. The van der Waals surface area contributed by atoms with Crippen molar-refractivity contribution in [1.29, 1.82) is 0 Å². The fourth-order valence-corrected chi connectivity index (χ4v) is 3.56. The molecule has 146 valence electrons. The van der Waals surface area contributed by atoms with Crippen molar-refractivity contribution < 1.29 is 4.79 Å². The van der Waals surface area contributed by atoms with Crippen LogP contribution in [0.4, 0.5) is 0 Å². The molecule has 0 saturated carbocycles. The van der Waals surface area contributed by atoms with Crippen LogP contribution in [-0.2, 0) is 0 Å². The molecule has 2 fully saturated rings. The highest BCUT2D eigenvalue weighted by atomic mass is 16.2. The molecule has 0 aromatic heterocycles. The number of amides is 1. The predicted octanol–water partition coefficient (Wildman–Crippen LogP) is 1.27. The molecule has 7 nitrogen and oxygen atoms in total. The third-order valence-electron chi connectivity index (χ3n) is 5.13. The Labute approximate surface area is 165 Å². The molecule has 2 aromatic carbocycles. The highest BCUT2D eigenvalue weighted by Crippen LogP contribution is 2.19. The number of hydrogen-bond acceptors (Lipinski definition) is 6. The number of benzene rings is 2. The first-order valence-electron chi connectivity index (χ1n) is 9.64. The SMILES string of the molecule is O=C(c1ccccc1C1NNNN1)N1CCN(C/C=C/c2ccccc2)CC1. The van der Waals surface area contributed by atoms with E-state index in [2.05, 4.69) is 51.1 Å². The van der Waals surface area contributed by atoms with Gasteiger partial charge in [0.1, 0.15) is 6.17 Å². The van der Waals surface area contributed by atoms with Crippen molar-refractivity contribution in [2.45, 2.75) is 6.17 Å². The molecule has 1 amide bonds. The van der Waals surface area contributed by atoms with Gasteiger partial charge in [-0.25, -0.2) is 10.9 Å². The fraction of sp³-hybridized carbons (Fsp3) is 0.286.